The average molecular weight is 339 g/mol. The zero-order valence-electron chi connectivity index (χ0n) is 14.7. The molecule has 25 heavy (non-hydrogen) atoms. The van der Waals surface area contributed by atoms with Gasteiger partial charge in [-0.1, -0.05) is 18.2 Å². The fourth-order valence-corrected chi connectivity index (χ4v) is 3.13. The minimum Gasteiger partial charge on any atom is -0.338 e. The third-order valence-electron chi connectivity index (χ3n) is 4.53. The van der Waals surface area contributed by atoms with E-state index in [0.717, 1.165) is 44.4 Å². The van der Waals surface area contributed by atoms with Crippen LogP contribution in [-0.2, 0) is 4.79 Å². The van der Waals surface area contributed by atoms with E-state index < -0.39 is 0 Å². The lowest BCUT2D eigenvalue weighted by atomic mass is 10.2. The summed E-state index contributed by atoms with van der Waals surface area (Å²) in [6, 6.07) is 11.7. The van der Waals surface area contributed by atoms with Crippen molar-refractivity contribution in [2.45, 2.75) is 13.3 Å². The van der Waals surface area contributed by atoms with Gasteiger partial charge in [-0.3, -0.25) is 9.69 Å². The van der Waals surface area contributed by atoms with Gasteiger partial charge in [0.1, 0.15) is 0 Å². The quantitative estimate of drug-likeness (QED) is 0.806. The molecule has 0 N–H and O–H groups in total. The lowest BCUT2D eigenvalue weighted by molar-refractivity contribution is -0.118. The van der Waals surface area contributed by atoms with E-state index in [1.807, 2.05) is 48.2 Å². The molecular formula is C19H25N5O. The second-order valence-corrected chi connectivity index (χ2v) is 6.10. The number of benzene rings is 1. The minimum atomic E-state index is 0.183. The van der Waals surface area contributed by atoms with E-state index >= 15 is 0 Å². The van der Waals surface area contributed by atoms with Crippen LogP contribution in [0.1, 0.15) is 13.3 Å². The molecule has 1 fully saturated rings. The van der Waals surface area contributed by atoms with Gasteiger partial charge in [0.15, 0.2) is 0 Å². The molecule has 6 heteroatoms. The van der Waals surface area contributed by atoms with E-state index in [1.54, 1.807) is 12.4 Å². The van der Waals surface area contributed by atoms with Gasteiger partial charge in [-0.15, -0.1) is 0 Å². The number of hydrogen-bond donors (Lipinski definition) is 0. The zero-order chi connectivity index (χ0) is 17.5. The third-order valence-corrected chi connectivity index (χ3v) is 4.53. The highest BCUT2D eigenvalue weighted by molar-refractivity contribution is 5.93. The molecule has 0 atom stereocenters. The highest BCUT2D eigenvalue weighted by atomic mass is 16.2. The molecule has 1 aromatic heterocycles. The molecule has 1 saturated heterocycles. The van der Waals surface area contributed by atoms with Gasteiger partial charge in [-0.25, -0.2) is 9.97 Å². The fourth-order valence-electron chi connectivity index (χ4n) is 3.13. The van der Waals surface area contributed by atoms with Crippen LogP contribution in [0.3, 0.4) is 0 Å². The van der Waals surface area contributed by atoms with Gasteiger partial charge in [0, 0.05) is 63.8 Å². The summed E-state index contributed by atoms with van der Waals surface area (Å²) in [6.07, 6.45) is 4.09. The van der Waals surface area contributed by atoms with Crippen molar-refractivity contribution < 1.29 is 4.79 Å². The molecule has 6 nitrogen and oxygen atoms in total. The van der Waals surface area contributed by atoms with Crippen LogP contribution in [-0.4, -0.2) is 60.0 Å². The van der Waals surface area contributed by atoms with Crippen molar-refractivity contribution in [1.29, 1.82) is 0 Å². The SMILES string of the molecule is CCN(C(=O)CCN1CCN(c2ncccn2)CC1)c1ccccc1. The Labute approximate surface area is 149 Å². The van der Waals surface area contributed by atoms with E-state index in [2.05, 4.69) is 19.8 Å². The Morgan fingerprint density at radius 3 is 2.36 bits per heavy atom. The molecular weight excluding hydrogens is 314 g/mol. The second kappa shape index (κ2) is 8.58. The van der Waals surface area contributed by atoms with Crippen molar-refractivity contribution in [3.05, 3.63) is 48.8 Å². The summed E-state index contributed by atoms with van der Waals surface area (Å²) in [5.74, 6) is 0.974. The van der Waals surface area contributed by atoms with Crippen LogP contribution in [0.4, 0.5) is 11.6 Å². The number of carbonyl (C=O) groups is 1. The van der Waals surface area contributed by atoms with Gasteiger partial charge in [-0.05, 0) is 25.1 Å². The third kappa shape index (κ3) is 4.54. The van der Waals surface area contributed by atoms with Crippen molar-refractivity contribution in [3.8, 4) is 0 Å². The number of piperazine rings is 1. The van der Waals surface area contributed by atoms with E-state index in [9.17, 15) is 4.79 Å². The number of carbonyl (C=O) groups excluding carboxylic acids is 1. The Kier molecular flexibility index (Phi) is 5.95. The highest BCUT2D eigenvalue weighted by Gasteiger charge is 2.20. The monoisotopic (exact) mass is 339 g/mol. The highest BCUT2D eigenvalue weighted by Crippen LogP contribution is 2.15. The molecule has 2 aromatic rings. The molecule has 0 spiro atoms. The number of amides is 1. The van der Waals surface area contributed by atoms with Gasteiger partial charge in [-0.2, -0.15) is 0 Å². The fraction of sp³-hybridized carbons (Fsp3) is 0.421. The number of anilines is 2. The first kappa shape index (κ1) is 17.4. The maximum absolute atomic E-state index is 12.6. The maximum Gasteiger partial charge on any atom is 0.228 e. The van der Waals surface area contributed by atoms with Gasteiger partial charge in [0.05, 0.1) is 0 Å². The smallest absolute Gasteiger partial charge is 0.228 e. The lowest BCUT2D eigenvalue weighted by Crippen LogP contribution is -2.48. The summed E-state index contributed by atoms with van der Waals surface area (Å²) < 4.78 is 0. The summed E-state index contributed by atoms with van der Waals surface area (Å²) >= 11 is 0. The number of para-hydroxylation sites is 1. The van der Waals surface area contributed by atoms with E-state index in [1.165, 1.54) is 0 Å². The van der Waals surface area contributed by atoms with Crippen LogP contribution in [0.15, 0.2) is 48.8 Å². The van der Waals surface area contributed by atoms with Crippen molar-refractivity contribution in [2.75, 3.05) is 49.1 Å². The average Bonchev–Trinajstić information content (AvgIpc) is 2.69. The first-order valence-electron chi connectivity index (χ1n) is 8.87. The van der Waals surface area contributed by atoms with Crippen LogP contribution >= 0.6 is 0 Å². The molecule has 0 saturated carbocycles. The van der Waals surface area contributed by atoms with Gasteiger partial charge in [0.2, 0.25) is 11.9 Å². The Balaban J connectivity index is 1.47. The molecule has 132 valence electrons. The molecule has 0 aliphatic carbocycles. The van der Waals surface area contributed by atoms with E-state index in [0.29, 0.717) is 13.0 Å². The molecule has 0 bridgehead atoms. The molecule has 0 unspecified atom stereocenters. The van der Waals surface area contributed by atoms with Gasteiger partial charge in [0.25, 0.3) is 0 Å². The summed E-state index contributed by atoms with van der Waals surface area (Å²) in [7, 11) is 0. The standard InChI is InChI=1S/C19H25N5O/c1-2-24(17-7-4-3-5-8-17)18(25)9-12-22-13-15-23(16-14-22)19-20-10-6-11-21-19/h3-8,10-11H,2,9,12-16H2,1H3. The summed E-state index contributed by atoms with van der Waals surface area (Å²) in [4.78, 5) is 27.6. The molecule has 1 aliphatic heterocycles. The summed E-state index contributed by atoms with van der Waals surface area (Å²) in [5, 5.41) is 0. The molecule has 3 rings (SSSR count). The van der Waals surface area contributed by atoms with E-state index in [4.69, 9.17) is 0 Å². The molecule has 1 amide bonds. The summed E-state index contributed by atoms with van der Waals surface area (Å²) in [5.41, 5.74) is 0.973. The van der Waals surface area contributed by atoms with Crippen molar-refractivity contribution >= 4 is 17.5 Å². The molecule has 1 aromatic carbocycles. The lowest BCUT2D eigenvalue weighted by Gasteiger charge is -2.34. The molecule has 1 aliphatic rings. The van der Waals surface area contributed by atoms with Crippen LogP contribution in [0.25, 0.3) is 0 Å². The largest absolute Gasteiger partial charge is 0.338 e. The van der Waals surface area contributed by atoms with Crippen molar-refractivity contribution in [2.24, 2.45) is 0 Å². The van der Waals surface area contributed by atoms with Gasteiger partial charge < -0.3 is 9.80 Å². The normalized spacial score (nSPS) is 15.2. The van der Waals surface area contributed by atoms with Crippen LogP contribution in [0.2, 0.25) is 0 Å². The van der Waals surface area contributed by atoms with Crippen molar-refractivity contribution in [1.82, 2.24) is 14.9 Å². The first-order chi connectivity index (χ1) is 12.3. The van der Waals surface area contributed by atoms with Crippen LogP contribution < -0.4 is 9.80 Å². The number of hydrogen-bond acceptors (Lipinski definition) is 5. The predicted octanol–water partition coefficient (Wildman–Crippen LogP) is 2.04. The number of rotatable bonds is 6. The predicted molar refractivity (Wildman–Crippen MR) is 99.8 cm³/mol. The Morgan fingerprint density at radius 2 is 1.72 bits per heavy atom. The van der Waals surface area contributed by atoms with E-state index in [-0.39, 0.29) is 5.91 Å². The topological polar surface area (TPSA) is 52.6 Å². The Hall–Kier alpha value is -2.47. The van der Waals surface area contributed by atoms with Crippen LogP contribution in [0, 0.1) is 0 Å². The maximum atomic E-state index is 12.6. The Morgan fingerprint density at radius 1 is 1.04 bits per heavy atom. The number of nitrogens with zero attached hydrogens (tertiary/aromatic N) is 5. The second-order valence-electron chi connectivity index (χ2n) is 6.10. The first-order valence-corrected chi connectivity index (χ1v) is 8.87. The van der Waals surface area contributed by atoms with Crippen molar-refractivity contribution in [3.63, 3.8) is 0 Å². The molecule has 0 radical (unpaired) electrons. The number of aromatic nitrogens is 2. The Bertz CT molecular complexity index is 656. The minimum absolute atomic E-state index is 0.183. The summed E-state index contributed by atoms with van der Waals surface area (Å²) in [6.45, 7) is 7.17. The molecule has 2 heterocycles. The van der Waals surface area contributed by atoms with Crippen LogP contribution in [0.5, 0.6) is 0 Å². The zero-order valence-corrected chi connectivity index (χ0v) is 14.7. The van der Waals surface area contributed by atoms with Gasteiger partial charge >= 0.3 is 0 Å².